The van der Waals surface area contributed by atoms with E-state index in [0.717, 1.165) is 6.61 Å². The summed E-state index contributed by atoms with van der Waals surface area (Å²) >= 11 is 0. The fourth-order valence-electron chi connectivity index (χ4n) is 2.90. The third-order valence-electron chi connectivity index (χ3n) is 4.35. The molecule has 0 atom stereocenters. The van der Waals surface area contributed by atoms with E-state index in [-0.39, 0.29) is 0 Å². The maximum absolute atomic E-state index is 5.32. The minimum Gasteiger partial charge on any atom is -0.502 e. The van der Waals surface area contributed by atoms with E-state index in [0.29, 0.717) is 0 Å². The Morgan fingerprint density at radius 2 is 0.909 bits per heavy atom. The van der Waals surface area contributed by atoms with E-state index in [1.807, 2.05) is 13.0 Å². The first kappa shape index (κ1) is 21.5. The van der Waals surface area contributed by atoms with E-state index in [9.17, 15) is 0 Å². The molecule has 0 bridgehead atoms. The van der Waals surface area contributed by atoms with Gasteiger partial charge < -0.3 is 4.74 Å². The van der Waals surface area contributed by atoms with E-state index in [1.165, 1.54) is 103 Å². The van der Waals surface area contributed by atoms with Gasteiger partial charge in [-0.25, -0.2) is 0 Å². The van der Waals surface area contributed by atoms with E-state index in [2.05, 4.69) is 6.92 Å². The molecule has 0 N–H and O–H groups in total. The highest BCUT2D eigenvalue weighted by Crippen LogP contribution is 2.13. The Morgan fingerprint density at radius 1 is 0.545 bits per heavy atom. The van der Waals surface area contributed by atoms with Crippen LogP contribution in [0.25, 0.3) is 0 Å². The topological polar surface area (TPSA) is 9.23 Å². The summed E-state index contributed by atoms with van der Waals surface area (Å²) in [6, 6.07) is 0. The Balaban J connectivity index is 2.94. The van der Waals surface area contributed by atoms with Gasteiger partial charge in [0.2, 0.25) is 0 Å². The number of allylic oxidation sites excluding steroid dienone is 1. The highest BCUT2D eigenvalue weighted by Gasteiger charge is 1.94. The molecule has 1 heteroatoms. The molecule has 0 amide bonds. The number of ether oxygens (including phenoxy) is 1. The van der Waals surface area contributed by atoms with E-state index in [1.54, 1.807) is 6.26 Å². The van der Waals surface area contributed by atoms with Crippen LogP contribution in [0, 0.1) is 0 Å². The minimum atomic E-state index is 0.892. The molecule has 0 aliphatic heterocycles. The van der Waals surface area contributed by atoms with Gasteiger partial charge in [0.25, 0.3) is 0 Å². The highest BCUT2D eigenvalue weighted by atomic mass is 16.5. The molecule has 0 spiro atoms. The molecule has 0 unspecified atom stereocenters. The number of hydrogen-bond acceptors (Lipinski definition) is 1. The molecule has 0 saturated carbocycles. The third kappa shape index (κ3) is 19.5. The summed E-state index contributed by atoms with van der Waals surface area (Å²) in [5.41, 5.74) is 0. The first-order valence-corrected chi connectivity index (χ1v) is 10.1. The lowest BCUT2D eigenvalue weighted by molar-refractivity contribution is 0.240. The van der Waals surface area contributed by atoms with E-state index < -0.39 is 0 Å². The van der Waals surface area contributed by atoms with Crippen LogP contribution in [-0.4, -0.2) is 6.61 Å². The molecule has 0 aromatic carbocycles. The molecule has 0 aromatic rings. The summed E-state index contributed by atoms with van der Waals surface area (Å²) in [4.78, 5) is 0. The van der Waals surface area contributed by atoms with Crippen molar-refractivity contribution < 1.29 is 4.74 Å². The summed E-state index contributed by atoms with van der Waals surface area (Å²) in [5.74, 6) is 0. The normalized spacial score (nSPS) is 11.4. The number of hydrogen-bond donors (Lipinski definition) is 0. The Hall–Kier alpha value is -0.460. The molecule has 0 fully saturated rings. The number of unbranched alkanes of at least 4 members (excludes halogenated alkanes) is 15. The molecule has 0 aromatic heterocycles. The van der Waals surface area contributed by atoms with Gasteiger partial charge >= 0.3 is 0 Å². The second kappa shape index (κ2) is 20.5. The zero-order valence-corrected chi connectivity index (χ0v) is 15.6. The van der Waals surface area contributed by atoms with Crippen molar-refractivity contribution in [2.75, 3.05) is 6.61 Å². The van der Waals surface area contributed by atoms with Gasteiger partial charge in [-0.2, -0.15) is 0 Å². The monoisotopic (exact) mass is 310 g/mol. The molecule has 0 radical (unpaired) electrons. The summed E-state index contributed by atoms with van der Waals surface area (Å²) in [5, 5.41) is 0. The van der Waals surface area contributed by atoms with Crippen LogP contribution >= 0.6 is 0 Å². The van der Waals surface area contributed by atoms with Crippen LogP contribution in [0.15, 0.2) is 12.3 Å². The van der Waals surface area contributed by atoms with Gasteiger partial charge in [0.05, 0.1) is 12.9 Å². The second-order valence-electron chi connectivity index (χ2n) is 6.64. The summed E-state index contributed by atoms with van der Waals surface area (Å²) in [6.45, 7) is 5.18. The molecule has 0 saturated heterocycles. The quantitative estimate of drug-likeness (QED) is 0.185. The average Bonchev–Trinajstić information content (AvgIpc) is 2.54. The van der Waals surface area contributed by atoms with Crippen LogP contribution in [0.1, 0.15) is 117 Å². The van der Waals surface area contributed by atoms with Crippen LogP contribution < -0.4 is 0 Å². The predicted molar refractivity (Wildman–Crippen MR) is 100 cm³/mol. The van der Waals surface area contributed by atoms with Gasteiger partial charge in [-0.1, -0.05) is 109 Å². The lowest BCUT2D eigenvalue weighted by Crippen LogP contribution is -1.88. The van der Waals surface area contributed by atoms with Crippen LogP contribution in [0.5, 0.6) is 0 Å². The van der Waals surface area contributed by atoms with Crippen LogP contribution in [0.4, 0.5) is 0 Å². The second-order valence-corrected chi connectivity index (χ2v) is 6.64. The van der Waals surface area contributed by atoms with Gasteiger partial charge in [0, 0.05) is 0 Å². The SMILES string of the molecule is C/C=C\OCCCCCCCCCCCCCCCCCC. The fourth-order valence-corrected chi connectivity index (χ4v) is 2.90. The maximum atomic E-state index is 5.32. The summed E-state index contributed by atoms with van der Waals surface area (Å²) in [6.07, 6.45) is 26.5. The molecule has 0 rings (SSSR count). The Bertz CT molecular complexity index is 210. The molecule has 0 aliphatic rings. The Labute approximate surface area is 140 Å². The lowest BCUT2D eigenvalue weighted by atomic mass is 10.0. The average molecular weight is 311 g/mol. The molecule has 1 nitrogen and oxygen atoms in total. The maximum Gasteiger partial charge on any atom is 0.0873 e. The summed E-state index contributed by atoms with van der Waals surface area (Å²) in [7, 11) is 0. The van der Waals surface area contributed by atoms with Crippen LogP contribution in [0.3, 0.4) is 0 Å². The van der Waals surface area contributed by atoms with Gasteiger partial charge in [0.15, 0.2) is 0 Å². The summed E-state index contributed by atoms with van der Waals surface area (Å²) < 4.78 is 5.32. The van der Waals surface area contributed by atoms with Gasteiger partial charge in [-0.3, -0.25) is 0 Å². The van der Waals surface area contributed by atoms with E-state index >= 15 is 0 Å². The lowest BCUT2D eigenvalue weighted by Gasteiger charge is -2.03. The van der Waals surface area contributed by atoms with Crippen molar-refractivity contribution in [2.45, 2.75) is 117 Å². The van der Waals surface area contributed by atoms with Crippen molar-refractivity contribution in [3.63, 3.8) is 0 Å². The smallest absolute Gasteiger partial charge is 0.0873 e. The number of rotatable bonds is 18. The minimum absolute atomic E-state index is 0.892. The molecule has 132 valence electrons. The van der Waals surface area contributed by atoms with Gasteiger partial charge in [-0.15, -0.1) is 0 Å². The molecule has 0 aliphatic carbocycles. The van der Waals surface area contributed by atoms with Crippen molar-refractivity contribution in [1.29, 1.82) is 0 Å². The van der Waals surface area contributed by atoms with Crippen LogP contribution in [-0.2, 0) is 4.74 Å². The van der Waals surface area contributed by atoms with Gasteiger partial charge in [0.1, 0.15) is 0 Å². The fraction of sp³-hybridized carbons (Fsp3) is 0.905. The van der Waals surface area contributed by atoms with Crippen molar-refractivity contribution in [3.05, 3.63) is 12.3 Å². The largest absolute Gasteiger partial charge is 0.502 e. The first-order chi connectivity index (χ1) is 10.9. The Kier molecular flexibility index (Phi) is 20.1. The third-order valence-corrected chi connectivity index (χ3v) is 4.35. The van der Waals surface area contributed by atoms with Crippen molar-refractivity contribution >= 4 is 0 Å². The predicted octanol–water partition coefficient (Wildman–Crippen LogP) is 7.80. The zero-order valence-electron chi connectivity index (χ0n) is 15.6. The van der Waals surface area contributed by atoms with Crippen molar-refractivity contribution in [1.82, 2.24) is 0 Å². The molecule has 0 heterocycles. The van der Waals surface area contributed by atoms with Crippen molar-refractivity contribution in [3.8, 4) is 0 Å². The van der Waals surface area contributed by atoms with Gasteiger partial charge in [-0.05, 0) is 13.3 Å². The molecular weight excluding hydrogens is 268 g/mol. The van der Waals surface area contributed by atoms with Crippen molar-refractivity contribution in [2.24, 2.45) is 0 Å². The Morgan fingerprint density at radius 3 is 1.27 bits per heavy atom. The zero-order chi connectivity index (χ0) is 16.1. The van der Waals surface area contributed by atoms with Crippen LogP contribution in [0.2, 0.25) is 0 Å². The standard InChI is InChI=1S/C21H42O/c1-3-5-6-7-8-9-10-11-12-13-14-15-16-17-18-19-21-22-20-4-2/h4,20H,3,5-19,21H2,1-2H3/b20-4-. The molecule has 22 heavy (non-hydrogen) atoms. The molecular formula is C21H42O. The van der Waals surface area contributed by atoms with E-state index in [4.69, 9.17) is 4.74 Å². The highest BCUT2D eigenvalue weighted by molar-refractivity contribution is 4.64. The first-order valence-electron chi connectivity index (χ1n) is 10.1.